The first-order chi connectivity index (χ1) is 14.4. The first-order valence-electron chi connectivity index (χ1n) is 9.07. The fourth-order valence-electron chi connectivity index (χ4n) is 2.50. The molecule has 2 N–H and O–H groups in total. The lowest BCUT2D eigenvalue weighted by Crippen LogP contribution is -2.23. The molecule has 1 fully saturated rings. The second-order valence-electron chi connectivity index (χ2n) is 6.17. The Morgan fingerprint density at radius 2 is 2.07 bits per heavy atom. The molecule has 1 amide bonds. The van der Waals surface area contributed by atoms with Crippen molar-refractivity contribution in [1.82, 2.24) is 5.32 Å². The van der Waals surface area contributed by atoms with Gasteiger partial charge in [0.1, 0.15) is 11.5 Å². The van der Waals surface area contributed by atoms with Crippen molar-refractivity contribution in [3.05, 3.63) is 58.8 Å². The fourth-order valence-corrected chi connectivity index (χ4v) is 3.34. The number of carboxylic acids is 1. The number of para-hydroxylation sites is 1. The van der Waals surface area contributed by atoms with E-state index >= 15 is 0 Å². The number of nitrogens with one attached hydrogen (secondary N) is 1. The molecule has 0 aliphatic carbocycles. The van der Waals surface area contributed by atoms with Crippen LogP contribution in [0.15, 0.2) is 52.4 Å². The molecule has 1 aliphatic rings. The Morgan fingerprint density at radius 3 is 2.77 bits per heavy atom. The van der Waals surface area contributed by atoms with E-state index in [2.05, 4.69) is 10.3 Å². The van der Waals surface area contributed by atoms with Crippen molar-refractivity contribution in [3.63, 3.8) is 0 Å². The Balaban J connectivity index is 1.83. The number of thioether (sulfide) groups is 1. The summed E-state index contributed by atoms with van der Waals surface area (Å²) in [6.45, 7) is 3.57. The molecular formula is C21H19FN2O5S. The van der Waals surface area contributed by atoms with E-state index in [1.807, 2.05) is 0 Å². The number of ether oxygens (including phenoxy) is 2. The summed E-state index contributed by atoms with van der Waals surface area (Å²) in [6, 6.07) is 10.9. The number of hydrogen-bond donors (Lipinski definition) is 2. The molecule has 1 atom stereocenters. The molecule has 7 nitrogen and oxygen atoms in total. The summed E-state index contributed by atoms with van der Waals surface area (Å²) in [4.78, 5) is 27.8. The quantitative estimate of drug-likeness (QED) is 0.645. The SMILES string of the molecule is CCOc1cc(/C=C2/SC(=Nc3ccccc3F)NC2=O)ccc1OC(C)C(=O)O. The number of aliphatic imine (C=N–C) groups is 1. The van der Waals surface area contributed by atoms with Gasteiger partial charge in [-0.05, 0) is 61.5 Å². The predicted molar refractivity (Wildman–Crippen MR) is 113 cm³/mol. The first kappa shape index (κ1) is 21.4. The zero-order valence-corrected chi connectivity index (χ0v) is 17.0. The molecule has 0 spiro atoms. The lowest BCUT2D eigenvalue weighted by molar-refractivity contribution is -0.144. The minimum Gasteiger partial charge on any atom is -0.490 e. The molecule has 1 aliphatic heterocycles. The van der Waals surface area contributed by atoms with Crippen molar-refractivity contribution in [3.8, 4) is 11.5 Å². The van der Waals surface area contributed by atoms with Crippen LogP contribution in [-0.2, 0) is 9.59 Å². The standard InChI is InChI=1S/C21H19FN2O5S/c1-3-28-17-10-13(8-9-16(17)29-12(2)20(26)27)11-18-19(25)24-21(30-18)23-15-7-5-4-6-14(15)22/h4-12H,3H2,1-2H3,(H,26,27)(H,23,24,25)/b18-11+. The van der Waals surface area contributed by atoms with Gasteiger partial charge in [-0.15, -0.1) is 0 Å². The Bertz CT molecular complexity index is 1040. The Hall–Kier alpha value is -3.33. The molecule has 3 rings (SSSR count). The number of halogens is 1. The third-order valence-corrected chi connectivity index (χ3v) is 4.85. The monoisotopic (exact) mass is 430 g/mol. The highest BCUT2D eigenvalue weighted by molar-refractivity contribution is 8.18. The summed E-state index contributed by atoms with van der Waals surface area (Å²) >= 11 is 1.09. The Morgan fingerprint density at radius 1 is 1.30 bits per heavy atom. The normalized spacial score (nSPS) is 17.1. The van der Waals surface area contributed by atoms with Gasteiger partial charge >= 0.3 is 5.97 Å². The lowest BCUT2D eigenvalue weighted by Gasteiger charge is -2.15. The minimum absolute atomic E-state index is 0.134. The number of benzene rings is 2. The van der Waals surface area contributed by atoms with Gasteiger partial charge in [0.15, 0.2) is 22.8 Å². The van der Waals surface area contributed by atoms with Gasteiger partial charge in [0.05, 0.1) is 11.5 Å². The van der Waals surface area contributed by atoms with E-state index in [4.69, 9.17) is 14.6 Å². The molecule has 0 radical (unpaired) electrons. The van der Waals surface area contributed by atoms with Crippen LogP contribution in [0.2, 0.25) is 0 Å². The van der Waals surface area contributed by atoms with Crippen molar-refractivity contribution in [2.75, 3.05) is 6.61 Å². The highest BCUT2D eigenvalue weighted by Crippen LogP contribution is 2.33. The van der Waals surface area contributed by atoms with Gasteiger partial charge in [0.25, 0.3) is 5.91 Å². The predicted octanol–water partition coefficient (Wildman–Crippen LogP) is 3.97. The maximum atomic E-state index is 13.8. The van der Waals surface area contributed by atoms with Crippen molar-refractivity contribution in [2.24, 2.45) is 4.99 Å². The first-order valence-corrected chi connectivity index (χ1v) is 9.89. The molecule has 0 saturated carbocycles. The molecular weight excluding hydrogens is 411 g/mol. The van der Waals surface area contributed by atoms with Gasteiger partial charge in [0, 0.05) is 0 Å². The van der Waals surface area contributed by atoms with Crippen LogP contribution in [0, 0.1) is 5.82 Å². The average Bonchev–Trinajstić information content (AvgIpc) is 3.04. The second-order valence-corrected chi connectivity index (χ2v) is 7.20. The molecule has 0 bridgehead atoms. The number of carboxylic acid groups (broad SMARTS) is 1. The Labute approximate surface area is 176 Å². The summed E-state index contributed by atoms with van der Waals surface area (Å²) in [6.07, 6.45) is 0.596. The third-order valence-electron chi connectivity index (χ3n) is 3.94. The minimum atomic E-state index is -1.09. The fraction of sp³-hybridized carbons (Fsp3) is 0.190. The van der Waals surface area contributed by atoms with Gasteiger partial charge in [-0.3, -0.25) is 4.79 Å². The van der Waals surface area contributed by atoms with Crippen LogP contribution in [-0.4, -0.2) is 34.9 Å². The van der Waals surface area contributed by atoms with Crippen LogP contribution in [0.25, 0.3) is 6.08 Å². The van der Waals surface area contributed by atoms with Gasteiger partial charge in [-0.1, -0.05) is 18.2 Å². The van der Waals surface area contributed by atoms with E-state index in [1.165, 1.54) is 19.1 Å². The van der Waals surface area contributed by atoms with E-state index < -0.39 is 17.9 Å². The van der Waals surface area contributed by atoms with Gasteiger partial charge in [-0.25, -0.2) is 14.2 Å². The van der Waals surface area contributed by atoms with E-state index in [1.54, 1.807) is 43.3 Å². The van der Waals surface area contributed by atoms with Crippen molar-refractivity contribution < 1.29 is 28.6 Å². The highest BCUT2D eigenvalue weighted by atomic mass is 32.2. The maximum Gasteiger partial charge on any atom is 0.344 e. The van der Waals surface area contributed by atoms with Crippen LogP contribution in [0.4, 0.5) is 10.1 Å². The van der Waals surface area contributed by atoms with Gasteiger partial charge in [0.2, 0.25) is 0 Å². The zero-order valence-electron chi connectivity index (χ0n) is 16.2. The van der Waals surface area contributed by atoms with E-state index in [-0.39, 0.29) is 16.8 Å². The molecule has 1 unspecified atom stereocenters. The van der Waals surface area contributed by atoms with Crippen LogP contribution in [0.5, 0.6) is 11.5 Å². The number of nitrogens with zero attached hydrogens (tertiary/aromatic N) is 1. The molecule has 2 aromatic carbocycles. The van der Waals surface area contributed by atoms with Crippen LogP contribution in [0.3, 0.4) is 0 Å². The molecule has 1 saturated heterocycles. The topological polar surface area (TPSA) is 97.2 Å². The smallest absolute Gasteiger partial charge is 0.344 e. The lowest BCUT2D eigenvalue weighted by atomic mass is 10.2. The molecule has 30 heavy (non-hydrogen) atoms. The van der Waals surface area contributed by atoms with Crippen molar-refractivity contribution in [2.45, 2.75) is 20.0 Å². The molecule has 156 valence electrons. The van der Waals surface area contributed by atoms with Crippen molar-refractivity contribution in [1.29, 1.82) is 0 Å². The number of carbonyl (C=O) groups excluding carboxylic acids is 1. The van der Waals surface area contributed by atoms with Gasteiger partial charge in [-0.2, -0.15) is 0 Å². The molecule has 1 heterocycles. The van der Waals surface area contributed by atoms with E-state index in [9.17, 15) is 14.0 Å². The summed E-state index contributed by atoms with van der Waals surface area (Å²) in [5, 5.41) is 11.9. The number of carbonyl (C=O) groups is 2. The van der Waals surface area contributed by atoms with Crippen LogP contribution < -0.4 is 14.8 Å². The van der Waals surface area contributed by atoms with E-state index in [0.29, 0.717) is 28.6 Å². The molecule has 9 heteroatoms. The zero-order chi connectivity index (χ0) is 21.7. The second kappa shape index (κ2) is 9.45. The Kier molecular flexibility index (Phi) is 6.73. The van der Waals surface area contributed by atoms with Crippen LogP contribution in [0.1, 0.15) is 19.4 Å². The molecule has 0 aromatic heterocycles. The van der Waals surface area contributed by atoms with Crippen LogP contribution >= 0.6 is 11.8 Å². The number of hydrogen-bond acceptors (Lipinski definition) is 6. The average molecular weight is 430 g/mol. The summed E-state index contributed by atoms with van der Waals surface area (Å²) in [7, 11) is 0. The summed E-state index contributed by atoms with van der Waals surface area (Å²) < 4.78 is 24.7. The van der Waals surface area contributed by atoms with Crippen molar-refractivity contribution >= 4 is 40.6 Å². The number of amides is 1. The molecule has 2 aromatic rings. The number of aliphatic carboxylic acids is 1. The number of rotatable bonds is 7. The number of amidine groups is 1. The van der Waals surface area contributed by atoms with E-state index in [0.717, 1.165) is 11.8 Å². The largest absolute Gasteiger partial charge is 0.490 e. The maximum absolute atomic E-state index is 13.8. The third kappa shape index (κ3) is 5.18. The summed E-state index contributed by atoms with van der Waals surface area (Å²) in [5.41, 5.74) is 0.785. The summed E-state index contributed by atoms with van der Waals surface area (Å²) in [5.74, 6) is -1.27. The highest BCUT2D eigenvalue weighted by Gasteiger charge is 2.24. The van der Waals surface area contributed by atoms with Gasteiger partial charge < -0.3 is 19.9 Å².